The van der Waals surface area contributed by atoms with Gasteiger partial charge < -0.3 is 11.5 Å². The molecule has 2 atom stereocenters. The standard InChI is InChI=1S/C6H14N2.Zn/c7-5-3-1-2-4-6(5)8;/h5-6H,1-4,7-8H2;/t5-,6-;/m1./s1. The van der Waals surface area contributed by atoms with Crippen molar-refractivity contribution in [2.45, 2.75) is 37.8 Å². The molecule has 0 aliphatic heterocycles. The van der Waals surface area contributed by atoms with Gasteiger partial charge in [-0.1, -0.05) is 12.8 Å². The third-order valence-electron chi connectivity index (χ3n) is 1.87. The van der Waals surface area contributed by atoms with Crippen LogP contribution in [0.1, 0.15) is 25.7 Å². The zero-order valence-corrected chi connectivity index (χ0v) is 8.81. The molecule has 0 heterocycles. The molecule has 1 aliphatic rings. The fourth-order valence-electron chi connectivity index (χ4n) is 1.19. The first-order valence-corrected chi connectivity index (χ1v) is 3.32. The van der Waals surface area contributed by atoms with Crippen LogP contribution in [-0.2, 0) is 19.5 Å². The minimum Gasteiger partial charge on any atom is -0.326 e. The summed E-state index contributed by atoms with van der Waals surface area (Å²) in [5.41, 5.74) is 11.3. The largest absolute Gasteiger partial charge is 0.326 e. The zero-order chi connectivity index (χ0) is 5.98. The molecule has 1 fully saturated rings. The van der Waals surface area contributed by atoms with Crippen LogP contribution in [0.3, 0.4) is 0 Å². The maximum absolute atomic E-state index is 5.65. The smallest absolute Gasteiger partial charge is 0.0192 e. The molecule has 50 valence electrons. The summed E-state index contributed by atoms with van der Waals surface area (Å²) in [4.78, 5) is 0. The van der Waals surface area contributed by atoms with Crippen LogP contribution in [0.25, 0.3) is 0 Å². The average molecular weight is 180 g/mol. The van der Waals surface area contributed by atoms with E-state index >= 15 is 0 Å². The fourth-order valence-corrected chi connectivity index (χ4v) is 1.19. The molecule has 0 spiro atoms. The number of rotatable bonds is 0. The van der Waals surface area contributed by atoms with Crippen LogP contribution in [0.2, 0.25) is 0 Å². The molecule has 0 amide bonds. The van der Waals surface area contributed by atoms with Gasteiger partial charge in [-0.25, -0.2) is 0 Å². The van der Waals surface area contributed by atoms with Crippen molar-refractivity contribution in [2.75, 3.05) is 0 Å². The Labute approximate surface area is 69.1 Å². The summed E-state index contributed by atoms with van der Waals surface area (Å²) in [5, 5.41) is 0. The Kier molecular flexibility index (Phi) is 4.64. The van der Waals surface area contributed by atoms with Crippen molar-refractivity contribution in [3.05, 3.63) is 0 Å². The zero-order valence-electron chi connectivity index (χ0n) is 5.84. The predicted octanol–water partition coefficient (Wildman–Crippen LogP) is 0.213. The SMILES string of the molecule is N[C@@H]1CCCC[C@H]1N.[Zn]. The van der Waals surface area contributed by atoms with Gasteiger partial charge >= 0.3 is 0 Å². The monoisotopic (exact) mass is 178 g/mol. The summed E-state index contributed by atoms with van der Waals surface area (Å²) in [7, 11) is 0. The van der Waals surface area contributed by atoms with E-state index < -0.39 is 0 Å². The van der Waals surface area contributed by atoms with E-state index in [1.54, 1.807) is 0 Å². The van der Waals surface area contributed by atoms with E-state index in [-0.39, 0.29) is 31.6 Å². The van der Waals surface area contributed by atoms with Crippen LogP contribution in [0.4, 0.5) is 0 Å². The Morgan fingerprint density at radius 2 is 1.22 bits per heavy atom. The van der Waals surface area contributed by atoms with Crippen LogP contribution in [0.15, 0.2) is 0 Å². The Morgan fingerprint density at radius 1 is 0.889 bits per heavy atom. The van der Waals surface area contributed by atoms with Gasteiger partial charge in [0, 0.05) is 31.6 Å². The van der Waals surface area contributed by atoms with E-state index in [2.05, 4.69) is 0 Å². The van der Waals surface area contributed by atoms with Gasteiger partial charge in [0.2, 0.25) is 0 Å². The summed E-state index contributed by atoms with van der Waals surface area (Å²) < 4.78 is 0. The van der Waals surface area contributed by atoms with Gasteiger partial charge in [0.1, 0.15) is 0 Å². The fraction of sp³-hybridized carbons (Fsp3) is 1.00. The molecule has 0 aromatic carbocycles. The number of nitrogens with two attached hydrogens (primary N) is 2. The molecule has 9 heavy (non-hydrogen) atoms. The summed E-state index contributed by atoms with van der Waals surface area (Å²) in [6.45, 7) is 0. The second kappa shape index (κ2) is 4.37. The molecule has 0 bridgehead atoms. The third-order valence-corrected chi connectivity index (χ3v) is 1.87. The number of hydrogen-bond donors (Lipinski definition) is 2. The second-order valence-corrected chi connectivity index (χ2v) is 2.61. The Balaban J connectivity index is 0.000000640. The van der Waals surface area contributed by atoms with E-state index in [4.69, 9.17) is 11.5 Å². The molecule has 4 N–H and O–H groups in total. The van der Waals surface area contributed by atoms with Gasteiger partial charge in [0.25, 0.3) is 0 Å². The molecular weight excluding hydrogens is 165 g/mol. The Morgan fingerprint density at radius 3 is 1.44 bits per heavy atom. The first kappa shape index (κ1) is 9.54. The van der Waals surface area contributed by atoms with Crippen LogP contribution in [-0.4, -0.2) is 12.1 Å². The van der Waals surface area contributed by atoms with E-state index in [9.17, 15) is 0 Å². The van der Waals surface area contributed by atoms with Gasteiger partial charge in [-0.15, -0.1) is 0 Å². The van der Waals surface area contributed by atoms with Crippen molar-refractivity contribution < 1.29 is 19.5 Å². The molecule has 1 aliphatic carbocycles. The maximum atomic E-state index is 5.65. The van der Waals surface area contributed by atoms with Crippen LogP contribution < -0.4 is 11.5 Å². The molecule has 2 nitrogen and oxygen atoms in total. The molecule has 0 saturated heterocycles. The van der Waals surface area contributed by atoms with Crippen LogP contribution in [0.5, 0.6) is 0 Å². The minimum absolute atomic E-state index is 0. The van der Waals surface area contributed by atoms with E-state index in [1.807, 2.05) is 0 Å². The van der Waals surface area contributed by atoms with Gasteiger partial charge in [-0.3, -0.25) is 0 Å². The molecule has 0 radical (unpaired) electrons. The molecule has 0 aromatic heterocycles. The van der Waals surface area contributed by atoms with Crippen molar-refractivity contribution in [3.8, 4) is 0 Å². The Hall–Kier alpha value is 0.543. The summed E-state index contributed by atoms with van der Waals surface area (Å²) in [5.74, 6) is 0. The van der Waals surface area contributed by atoms with Gasteiger partial charge in [-0.2, -0.15) is 0 Å². The van der Waals surface area contributed by atoms with Crippen molar-refractivity contribution in [2.24, 2.45) is 11.5 Å². The topological polar surface area (TPSA) is 52.0 Å². The second-order valence-electron chi connectivity index (χ2n) is 2.61. The first-order chi connectivity index (χ1) is 3.80. The molecule has 3 heteroatoms. The normalized spacial score (nSPS) is 35.3. The molecule has 1 rings (SSSR count). The first-order valence-electron chi connectivity index (χ1n) is 3.32. The number of hydrogen-bond acceptors (Lipinski definition) is 2. The van der Waals surface area contributed by atoms with E-state index in [0.29, 0.717) is 0 Å². The Bertz CT molecular complexity index is 67.5. The van der Waals surface area contributed by atoms with Crippen molar-refractivity contribution >= 4 is 0 Å². The minimum atomic E-state index is 0. The van der Waals surface area contributed by atoms with Crippen molar-refractivity contribution in [1.82, 2.24) is 0 Å². The maximum Gasteiger partial charge on any atom is 0.0192 e. The molecule has 1 saturated carbocycles. The third kappa shape index (κ3) is 2.75. The van der Waals surface area contributed by atoms with Crippen LogP contribution >= 0.6 is 0 Å². The van der Waals surface area contributed by atoms with Crippen molar-refractivity contribution in [3.63, 3.8) is 0 Å². The molecular formula is C6H14N2Zn. The molecule has 0 aromatic rings. The van der Waals surface area contributed by atoms with E-state index in [1.165, 1.54) is 12.8 Å². The summed E-state index contributed by atoms with van der Waals surface area (Å²) in [6, 6.07) is 0.562. The summed E-state index contributed by atoms with van der Waals surface area (Å²) in [6.07, 6.45) is 4.80. The van der Waals surface area contributed by atoms with E-state index in [0.717, 1.165) is 12.8 Å². The quantitative estimate of drug-likeness (QED) is 0.523. The summed E-state index contributed by atoms with van der Waals surface area (Å²) >= 11 is 0. The van der Waals surface area contributed by atoms with Gasteiger partial charge in [-0.05, 0) is 12.8 Å². The predicted molar refractivity (Wildman–Crippen MR) is 34.4 cm³/mol. The molecule has 0 unspecified atom stereocenters. The van der Waals surface area contributed by atoms with Gasteiger partial charge in [0.05, 0.1) is 0 Å². The van der Waals surface area contributed by atoms with Crippen LogP contribution in [0, 0.1) is 0 Å². The van der Waals surface area contributed by atoms with Gasteiger partial charge in [0.15, 0.2) is 0 Å². The van der Waals surface area contributed by atoms with Crippen molar-refractivity contribution in [1.29, 1.82) is 0 Å². The average Bonchev–Trinajstić information content (AvgIpc) is 1.77.